The molecule has 2 rings (SSSR count). The molecule has 0 aliphatic carbocycles. The molecule has 8 heteroatoms. The standard InChI is InChI=1S/C11H7ClN4O3/c12-7-8(15-16-13)10(19-11(7)18)14-9(17)6-4-2-1-3-5-6/h1-5,10H,(H,14,17). The molecule has 0 radical (unpaired) electrons. The van der Waals surface area contributed by atoms with Gasteiger partial charge in [0.05, 0.1) is 0 Å². The van der Waals surface area contributed by atoms with Crippen LogP contribution in [0.1, 0.15) is 10.4 Å². The highest BCUT2D eigenvalue weighted by atomic mass is 35.5. The zero-order valence-corrected chi connectivity index (χ0v) is 10.2. The topological polar surface area (TPSA) is 104 Å². The fourth-order valence-corrected chi connectivity index (χ4v) is 1.65. The smallest absolute Gasteiger partial charge is 0.352 e. The van der Waals surface area contributed by atoms with Gasteiger partial charge < -0.3 is 10.1 Å². The van der Waals surface area contributed by atoms with E-state index in [1.54, 1.807) is 30.3 Å². The lowest BCUT2D eigenvalue weighted by molar-refractivity contribution is -0.139. The number of cyclic esters (lactones) is 1. The molecule has 7 nitrogen and oxygen atoms in total. The van der Waals surface area contributed by atoms with Crippen molar-refractivity contribution in [3.63, 3.8) is 0 Å². The third-order valence-corrected chi connectivity index (χ3v) is 2.68. The van der Waals surface area contributed by atoms with Crippen molar-refractivity contribution in [3.8, 4) is 0 Å². The molecule has 0 saturated heterocycles. The van der Waals surface area contributed by atoms with Gasteiger partial charge in [-0.25, -0.2) is 4.79 Å². The van der Waals surface area contributed by atoms with E-state index >= 15 is 0 Å². The highest BCUT2D eigenvalue weighted by Gasteiger charge is 2.33. The first-order valence-electron chi connectivity index (χ1n) is 5.15. The summed E-state index contributed by atoms with van der Waals surface area (Å²) in [6.45, 7) is 0. The van der Waals surface area contributed by atoms with Gasteiger partial charge in [0.1, 0.15) is 10.7 Å². The van der Waals surface area contributed by atoms with Crippen LogP contribution in [0.3, 0.4) is 0 Å². The van der Waals surface area contributed by atoms with Crippen molar-refractivity contribution in [2.75, 3.05) is 0 Å². The molecule has 0 spiro atoms. The van der Waals surface area contributed by atoms with Crippen LogP contribution in [0.15, 0.2) is 46.2 Å². The van der Waals surface area contributed by atoms with Crippen molar-refractivity contribution < 1.29 is 14.3 Å². The summed E-state index contributed by atoms with van der Waals surface area (Å²) in [7, 11) is 0. The Labute approximate surface area is 112 Å². The first-order valence-corrected chi connectivity index (χ1v) is 5.53. The van der Waals surface area contributed by atoms with E-state index in [2.05, 4.69) is 15.3 Å². The molecule has 0 aromatic heterocycles. The third kappa shape index (κ3) is 2.67. The van der Waals surface area contributed by atoms with Gasteiger partial charge in [0.25, 0.3) is 5.91 Å². The molecule has 96 valence electrons. The van der Waals surface area contributed by atoms with E-state index in [0.29, 0.717) is 5.56 Å². The summed E-state index contributed by atoms with van der Waals surface area (Å²) < 4.78 is 4.79. The number of nitrogens with one attached hydrogen (secondary N) is 1. The lowest BCUT2D eigenvalue weighted by atomic mass is 10.2. The van der Waals surface area contributed by atoms with Crippen LogP contribution in [0.2, 0.25) is 0 Å². The predicted molar refractivity (Wildman–Crippen MR) is 65.8 cm³/mol. The lowest BCUT2D eigenvalue weighted by Gasteiger charge is -2.13. The largest absolute Gasteiger partial charge is 0.433 e. The Hall–Kier alpha value is -2.50. The van der Waals surface area contributed by atoms with Crippen LogP contribution in [0.5, 0.6) is 0 Å². The number of hydrogen-bond donors (Lipinski definition) is 1. The molecule has 1 N–H and O–H groups in total. The van der Waals surface area contributed by atoms with Gasteiger partial charge in [0.2, 0.25) is 6.23 Å². The quantitative estimate of drug-likeness (QED) is 0.396. The zero-order chi connectivity index (χ0) is 13.8. The molecular weight excluding hydrogens is 272 g/mol. The van der Waals surface area contributed by atoms with Crippen LogP contribution in [-0.2, 0) is 9.53 Å². The van der Waals surface area contributed by atoms with Crippen LogP contribution in [0.4, 0.5) is 0 Å². The van der Waals surface area contributed by atoms with E-state index in [1.807, 2.05) is 0 Å². The van der Waals surface area contributed by atoms with Gasteiger partial charge in [-0.05, 0) is 17.7 Å². The Bertz CT molecular complexity index is 608. The van der Waals surface area contributed by atoms with E-state index in [0.717, 1.165) is 0 Å². The maximum Gasteiger partial charge on any atom is 0.352 e. The van der Waals surface area contributed by atoms with Gasteiger partial charge in [0.15, 0.2) is 0 Å². The Morgan fingerprint density at radius 3 is 2.74 bits per heavy atom. The molecule has 0 saturated carbocycles. The molecule has 0 bridgehead atoms. The van der Waals surface area contributed by atoms with Crippen LogP contribution in [0.25, 0.3) is 10.4 Å². The van der Waals surface area contributed by atoms with Crippen molar-refractivity contribution in [2.24, 2.45) is 5.11 Å². The second kappa shape index (κ2) is 5.43. The van der Waals surface area contributed by atoms with Crippen LogP contribution >= 0.6 is 11.6 Å². The van der Waals surface area contributed by atoms with Gasteiger partial charge in [-0.15, -0.1) is 0 Å². The van der Waals surface area contributed by atoms with Crippen LogP contribution < -0.4 is 5.32 Å². The van der Waals surface area contributed by atoms with Crippen molar-refractivity contribution >= 4 is 23.5 Å². The molecule has 0 fully saturated rings. The Morgan fingerprint density at radius 2 is 2.11 bits per heavy atom. The van der Waals surface area contributed by atoms with E-state index < -0.39 is 18.1 Å². The van der Waals surface area contributed by atoms with Gasteiger partial charge in [-0.3, -0.25) is 4.79 Å². The summed E-state index contributed by atoms with van der Waals surface area (Å²) in [5.74, 6) is -1.32. The summed E-state index contributed by atoms with van der Waals surface area (Å²) in [6.07, 6.45) is -1.18. The van der Waals surface area contributed by atoms with Crippen LogP contribution in [0, 0.1) is 0 Å². The highest BCUT2D eigenvalue weighted by Crippen LogP contribution is 2.25. The summed E-state index contributed by atoms with van der Waals surface area (Å²) in [5, 5.41) is 5.32. The van der Waals surface area contributed by atoms with Gasteiger partial charge in [-0.1, -0.05) is 34.9 Å². The number of amides is 1. The Morgan fingerprint density at radius 1 is 1.42 bits per heavy atom. The molecule has 1 aliphatic heterocycles. The summed E-state index contributed by atoms with van der Waals surface area (Å²) in [6, 6.07) is 8.31. The average Bonchev–Trinajstić information content (AvgIpc) is 2.68. The zero-order valence-electron chi connectivity index (χ0n) is 9.41. The fraction of sp³-hybridized carbons (Fsp3) is 0.0909. The van der Waals surface area contributed by atoms with Crippen molar-refractivity contribution in [1.82, 2.24) is 5.32 Å². The van der Waals surface area contributed by atoms with Gasteiger partial charge >= 0.3 is 5.97 Å². The molecule has 1 atom stereocenters. The number of halogens is 1. The van der Waals surface area contributed by atoms with E-state index in [9.17, 15) is 9.59 Å². The van der Waals surface area contributed by atoms with E-state index in [4.69, 9.17) is 21.9 Å². The minimum Gasteiger partial charge on any atom is -0.433 e. The first-order chi connectivity index (χ1) is 9.13. The molecule has 1 aromatic carbocycles. The summed E-state index contributed by atoms with van der Waals surface area (Å²) in [4.78, 5) is 25.6. The number of azide groups is 1. The number of rotatable bonds is 3. The molecule has 1 aromatic rings. The second-order valence-corrected chi connectivity index (χ2v) is 3.89. The van der Waals surface area contributed by atoms with E-state index in [1.165, 1.54) is 0 Å². The predicted octanol–water partition coefficient (Wildman–Crippen LogP) is 2.06. The number of benzene rings is 1. The third-order valence-electron chi connectivity index (χ3n) is 2.33. The maximum atomic E-state index is 11.9. The van der Waals surface area contributed by atoms with Crippen molar-refractivity contribution in [3.05, 3.63) is 57.1 Å². The SMILES string of the molecule is [N-]=[N+]=NC1=C(Cl)C(=O)OC1NC(=O)c1ccccc1. The molecule has 1 heterocycles. The monoisotopic (exact) mass is 278 g/mol. The van der Waals surface area contributed by atoms with Crippen molar-refractivity contribution in [1.29, 1.82) is 0 Å². The Balaban J connectivity index is 2.18. The number of carbonyl (C=O) groups is 2. The van der Waals surface area contributed by atoms with Gasteiger partial charge in [0, 0.05) is 10.5 Å². The number of esters is 1. The van der Waals surface area contributed by atoms with Gasteiger partial charge in [-0.2, -0.15) is 0 Å². The maximum absolute atomic E-state index is 11.9. The number of carbonyl (C=O) groups excluding carboxylic acids is 2. The highest BCUT2D eigenvalue weighted by molar-refractivity contribution is 6.42. The van der Waals surface area contributed by atoms with Crippen LogP contribution in [-0.4, -0.2) is 18.1 Å². The number of nitrogens with zero attached hydrogens (tertiary/aromatic N) is 3. The second-order valence-electron chi connectivity index (χ2n) is 3.51. The molecule has 1 amide bonds. The molecule has 1 aliphatic rings. The molecular formula is C11H7ClN4O3. The first kappa shape index (κ1) is 12.9. The number of hydrogen-bond acceptors (Lipinski definition) is 4. The summed E-state index contributed by atoms with van der Waals surface area (Å²) in [5.41, 5.74) is 8.61. The fourth-order valence-electron chi connectivity index (χ4n) is 1.47. The summed E-state index contributed by atoms with van der Waals surface area (Å²) >= 11 is 5.62. The molecule has 1 unspecified atom stereocenters. The minimum atomic E-state index is -1.18. The molecule has 19 heavy (non-hydrogen) atoms. The Kier molecular flexibility index (Phi) is 3.70. The lowest BCUT2D eigenvalue weighted by Crippen LogP contribution is -2.36. The normalized spacial score (nSPS) is 17.7. The van der Waals surface area contributed by atoms with Crippen molar-refractivity contribution in [2.45, 2.75) is 6.23 Å². The minimum absolute atomic E-state index is 0.154. The number of ether oxygens (including phenoxy) is 1. The van der Waals surface area contributed by atoms with E-state index in [-0.39, 0.29) is 10.7 Å². The average molecular weight is 279 g/mol.